The molecule has 0 amide bonds. The van der Waals surface area contributed by atoms with Crippen LogP contribution in [0.3, 0.4) is 0 Å². The molecule has 5 heavy (non-hydrogen) atoms. The minimum absolute atomic E-state index is 0. The summed E-state index contributed by atoms with van der Waals surface area (Å²) in [7, 11) is 0. The molecular formula is H3N3OPt. The smallest absolute Gasteiger partial charge is 0.0425 e. The Kier molecular flexibility index (Phi) is 16.1. The maximum atomic E-state index is 7.21. The fraction of sp³-hybridized carbons (Fsp3) is 0. The Bertz CT molecular complexity index is 22.1. The molecule has 0 saturated heterocycles. The van der Waals surface area contributed by atoms with Crippen LogP contribution in [-0.4, -0.2) is 5.21 Å². The second-order valence-electron chi connectivity index (χ2n) is 0.205. The summed E-state index contributed by atoms with van der Waals surface area (Å²) in [6, 6.07) is 0. The maximum Gasteiger partial charge on any atom is 0.0425 e. The number of hydrogen-bond donors (Lipinski definition) is 2. The van der Waals surface area contributed by atoms with E-state index in [-0.39, 0.29) is 21.1 Å². The number of rotatable bonds is 0. The molecule has 5 heteroatoms. The van der Waals surface area contributed by atoms with Crippen LogP contribution in [-0.2, 0) is 21.1 Å². The number of nitrogens with two attached hydrogens (primary N) is 1. The fourth-order valence-electron chi connectivity index (χ4n) is 0. The first-order valence-electron chi connectivity index (χ1n) is 0.658. The molecule has 0 aliphatic rings. The van der Waals surface area contributed by atoms with Gasteiger partial charge in [0.15, 0.2) is 0 Å². The summed E-state index contributed by atoms with van der Waals surface area (Å²) in [6.07, 6.45) is 0. The van der Waals surface area contributed by atoms with Crippen molar-refractivity contribution in [2.75, 3.05) is 0 Å². The Labute approximate surface area is 43.3 Å². The van der Waals surface area contributed by atoms with Gasteiger partial charge < -0.3 is 11.0 Å². The minimum atomic E-state index is 0. The van der Waals surface area contributed by atoms with E-state index in [2.05, 4.69) is 16.3 Å². The summed E-state index contributed by atoms with van der Waals surface area (Å²) in [5.41, 5.74) is 0. The number of nitrogens with zero attached hydrogens (tertiary/aromatic N) is 2. The second-order valence-corrected chi connectivity index (χ2v) is 0.205. The van der Waals surface area contributed by atoms with Gasteiger partial charge in [-0.05, 0) is 5.22 Å². The van der Waals surface area contributed by atoms with Crippen LogP contribution in [0.1, 0.15) is 0 Å². The molecule has 0 aliphatic heterocycles. The van der Waals surface area contributed by atoms with Crippen molar-refractivity contribution in [3.05, 3.63) is 0 Å². The van der Waals surface area contributed by atoms with Crippen molar-refractivity contribution in [3.63, 3.8) is 0 Å². The summed E-state index contributed by atoms with van der Waals surface area (Å²) in [5, 5.41) is 11.8. The molecule has 0 aliphatic carbocycles. The molecule has 0 unspecified atom stereocenters. The summed E-state index contributed by atoms with van der Waals surface area (Å²) >= 11 is 0. The van der Waals surface area contributed by atoms with Gasteiger partial charge in [0.25, 0.3) is 0 Å². The molecule has 0 spiro atoms. The molecule has 0 fully saturated rings. The van der Waals surface area contributed by atoms with Crippen LogP contribution in [0.15, 0.2) is 10.5 Å². The standard InChI is InChI=1S/H3N3O.Pt/c1-2-3-4;/h(H2,1,3)(H,2,4);. The molecular weight excluding hydrogens is 253 g/mol. The predicted octanol–water partition coefficient (Wildman–Crippen LogP) is -0.301. The van der Waals surface area contributed by atoms with Crippen LogP contribution in [0.5, 0.6) is 0 Å². The van der Waals surface area contributed by atoms with Crippen molar-refractivity contribution in [3.8, 4) is 0 Å². The van der Waals surface area contributed by atoms with Crippen molar-refractivity contribution in [1.82, 2.24) is 0 Å². The largest absolute Gasteiger partial charge is 0.393 e. The van der Waals surface area contributed by atoms with E-state index in [1.807, 2.05) is 0 Å². The summed E-state index contributed by atoms with van der Waals surface area (Å²) in [6.45, 7) is 0. The van der Waals surface area contributed by atoms with E-state index < -0.39 is 0 Å². The van der Waals surface area contributed by atoms with E-state index >= 15 is 0 Å². The molecule has 0 heterocycles. The molecule has 3 N–H and O–H groups in total. The topological polar surface area (TPSA) is 71.0 Å². The van der Waals surface area contributed by atoms with Crippen LogP contribution in [0.25, 0.3) is 0 Å². The Morgan fingerprint density at radius 3 is 1.80 bits per heavy atom. The quantitative estimate of drug-likeness (QED) is 0.355. The molecule has 0 bridgehead atoms. The van der Waals surface area contributed by atoms with Gasteiger partial charge >= 0.3 is 0 Å². The molecule has 0 saturated carbocycles. The first-order valence-corrected chi connectivity index (χ1v) is 0.658. The Balaban J connectivity index is 0. The van der Waals surface area contributed by atoms with Gasteiger partial charge in [-0.25, -0.2) is 0 Å². The maximum absolute atomic E-state index is 7.21. The zero-order valence-electron chi connectivity index (χ0n) is 2.24. The van der Waals surface area contributed by atoms with Gasteiger partial charge in [-0.3, -0.25) is 0 Å². The minimum Gasteiger partial charge on any atom is -0.393 e. The zero-order chi connectivity index (χ0) is 3.41. The summed E-state index contributed by atoms with van der Waals surface area (Å²) < 4.78 is 0. The summed E-state index contributed by atoms with van der Waals surface area (Å²) in [5.74, 6) is 4.24. The molecule has 34 valence electrons. The number of hydrogen-bond acceptors (Lipinski definition) is 2. The Morgan fingerprint density at radius 2 is 1.80 bits per heavy atom. The molecule has 4 nitrogen and oxygen atoms in total. The fourth-order valence-corrected chi connectivity index (χ4v) is 0. The van der Waals surface area contributed by atoms with E-state index in [9.17, 15) is 0 Å². The van der Waals surface area contributed by atoms with Crippen molar-refractivity contribution in [2.24, 2.45) is 16.3 Å². The van der Waals surface area contributed by atoms with E-state index in [1.54, 1.807) is 0 Å². The van der Waals surface area contributed by atoms with Crippen molar-refractivity contribution >= 4 is 0 Å². The van der Waals surface area contributed by atoms with E-state index in [0.29, 0.717) is 0 Å². The van der Waals surface area contributed by atoms with E-state index in [4.69, 9.17) is 5.21 Å². The van der Waals surface area contributed by atoms with Crippen molar-refractivity contribution < 1.29 is 26.3 Å². The molecule has 0 aromatic carbocycles. The van der Waals surface area contributed by atoms with Gasteiger partial charge in [-0.2, -0.15) is 0 Å². The van der Waals surface area contributed by atoms with E-state index in [0.717, 1.165) is 0 Å². The van der Waals surface area contributed by atoms with Gasteiger partial charge in [-0.1, -0.05) is 0 Å². The Hall–Kier alpha value is -0.112. The summed E-state index contributed by atoms with van der Waals surface area (Å²) in [4.78, 5) is 0. The predicted molar refractivity (Wildman–Crippen MR) is 10.8 cm³/mol. The van der Waals surface area contributed by atoms with Crippen LogP contribution in [0, 0.1) is 0 Å². The monoisotopic (exact) mass is 256 g/mol. The van der Waals surface area contributed by atoms with Gasteiger partial charge in [0, 0.05) is 26.3 Å². The zero-order valence-corrected chi connectivity index (χ0v) is 4.51. The van der Waals surface area contributed by atoms with E-state index in [1.165, 1.54) is 0 Å². The Morgan fingerprint density at radius 1 is 1.60 bits per heavy atom. The van der Waals surface area contributed by atoms with Crippen LogP contribution < -0.4 is 5.84 Å². The molecule has 0 atom stereocenters. The van der Waals surface area contributed by atoms with Gasteiger partial charge in [0.1, 0.15) is 0 Å². The van der Waals surface area contributed by atoms with Gasteiger partial charge in [0.05, 0.1) is 0 Å². The third kappa shape index (κ3) is 17.6. The molecule has 0 radical (unpaired) electrons. The van der Waals surface area contributed by atoms with Crippen LogP contribution in [0.4, 0.5) is 0 Å². The normalized spacial score (nSPS) is 7.20. The molecule has 0 aromatic heterocycles. The van der Waals surface area contributed by atoms with Gasteiger partial charge in [0.2, 0.25) is 0 Å². The average molecular weight is 256 g/mol. The SMILES string of the molecule is NN=NO.[Pt]. The van der Waals surface area contributed by atoms with Crippen molar-refractivity contribution in [1.29, 1.82) is 0 Å². The van der Waals surface area contributed by atoms with Crippen LogP contribution in [0.2, 0.25) is 0 Å². The molecule has 0 aromatic rings. The molecule has 0 rings (SSSR count). The third-order valence-corrected chi connectivity index (χ3v) is 0.0516. The van der Waals surface area contributed by atoms with Gasteiger partial charge in [-0.15, -0.1) is 0 Å². The average Bonchev–Trinajstić information content (AvgIpc) is 1.37. The second kappa shape index (κ2) is 9.10. The third-order valence-electron chi connectivity index (χ3n) is 0.0516. The van der Waals surface area contributed by atoms with Crippen molar-refractivity contribution in [2.45, 2.75) is 0 Å². The van der Waals surface area contributed by atoms with Crippen LogP contribution >= 0.6 is 0 Å². The first-order chi connectivity index (χ1) is 1.91. The first kappa shape index (κ1) is 8.86.